The van der Waals surface area contributed by atoms with E-state index in [0.29, 0.717) is 13.2 Å². The molecule has 0 aliphatic rings. The predicted molar refractivity (Wildman–Crippen MR) is 136 cm³/mol. The van der Waals surface area contributed by atoms with E-state index >= 15 is 0 Å². The first-order valence-electron chi connectivity index (χ1n) is 13.1. The smallest absolute Gasteiger partial charge is 0.330 e. The standard InChI is InChI=1S/C25H55NO5P/c1-6-7-8-9-10-11-12-13-14-15-16-17-18-19-21-29-24(2)25(27)23-31-32(28)30-22-20-26(3,4)5/h24-25,27-28H,6-23H2,1-5H3/q+1. The molecule has 0 bridgehead atoms. The fourth-order valence-electron chi connectivity index (χ4n) is 3.38. The van der Waals surface area contributed by atoms with Crippen molar-refractivity contribution in [1.82, 2.24) is 0 Å². The number of hydrogen-bond donors (Lipinski definition) is 2. The van der Waals surface area contributed by atoms with E-state index in [1.165, 1.54) is 83.5 Å². The number of aliphatic hydroxyl groups excluding tert-OH is 1. The Kier molecular flexibility index (Phi) is 21.8. The van der Waals surface area contributed by atoms with Crippen LogP contribution in [0.1, 0.15) is 104 Å². The lowest BCUT2D eigenvalue weighted by atomic mass is 10.0. The van der Waals surface area contributed by atoms with Crippen molar-refractivity contribution in [3.8, 4) is 0 Å². The van der Waals surface area contributed by atoms with E-state index in [2.05, 4.69) is 28.1 Å². The molecular formula is C25H55NO5P+. The van der Waals surface area contributed by atoms with E-state index in [1.807, 2.05) is 6.92 Å². The predicted octanol–water partition coefficient (Wildman–Crippen LogP) is 6.19. The molecule has 32 heavy (non-hydrogen) atoms. The van der Waals surface area contributed by atoms with E-state index < -0.39 is 14.7 Å². The van der Waals surface area contributed by atoms with Crippen LogP contribution in [0.25, 0.3) is 0 Å². The third-order valence-electron chi connectivity index (χ3n) is 5.74. The average Bonchev–Trinajstić information content (AvgIpc) is 2.73. The number of aliphatic hydroxyl groups is 1. The zero-order valence-corrected chi connectivity index (χ0v) is 22.8. The summed E-state index contributed by atoms with van der Waals surface area (Å²) in [5.41, 5.74) is 0. The first kappa shape index (κ1) is 32.2. The van der Waals surface area contributed by atoms with Crippen LogP contribution in [0.15, 0.2) is 0 Å². The Balaban J connectivity index is 3.43. The van der Waals surface area contributed by atoms with Crippen LogP contribution in [0.3, 0.4) is 0 Å². The zero-order chi connectivity index (χ0) is 24.1. The van der Waals surface area contributed by atoms with Crippen molar-refractivity contribution in [2.24, 2.45) is 0 Å². The van der Waals surface area contributed by atoms with Gasteiger partial charge in [0.25, 0.3) is 0 Å². The van der Waals surface area contributed by atoms with E-state index in [-0.39, 0.29) is 12.7 Å². The molecule has 0 fully saturated rings. The summed E-state index contributed by atoms with van der Waals surface area (Å²) in [6.45, 7) is 6.00. The molecule has 0 aliphatic carbocycles. The molecule has 0 spiro atoms. The van der Waals surface area contributed by atoms with Crippen LogP contribution in [-0.4, -0.2) is 74.2 Å². The summed E-state index contributed by atoms with van der Waals surface area (Å²) in [6.07, 6.45) is 17.7. The highest BCUT2D eigenvalue weighted by Crippen LogP contribution is 2.32. The maximum Gasteiger partial charge on any atom is 0.330 e. The molecule has 7 heteroatoms. The number of likely N-dealkylation sites (N-methyl/N-ethyl adjacent to an activating group) is 1. The normalized spacial score (nSPS) is 15.1. The first-order valence-corrected chi connectivity index (χ1v) is 14.2. The minimum Gasteiger partial charge on any atom is -0.388 e. The zero-order valence-electron chi connectivity index (χ0n) is 21.9. The van der Waals surface area contributed by atoms with Crippen molar-refractivity contribution < 1.29 is 28.3 Å². The average molecular weight is 481 g/mol. The highest BCUT2D eigenvalue weighted by molar-refractivity contribution is 7.40. The molecule has 0 aromatic rings. The molecule has 0 saturated heterocycles. The number of unbranched alkanes of at least 4 members (excludes halogenated alkanes) is 13. The van der Waals surface area contributed by atoms with E-state index in [1.54, 1.807) is 0 Å². The van der Waals surface area contributed by atoms with Crippen molar-refractivity contribution in [3.05, 3.63) is 0 Å². The lowest BCUT2D eigenvalue weighted by Crippen LogP contribution is -2.37. The number of rotatable bonds is 24. The minimum absolute atomic E-state index is 0.0203. The molecule has 0 rings (SSSR count). The molecular weight excluding hydrogens is 425 g/mol. The van der Waals surface area contributed by atoms with Gasteiger partial charge < -0.3 is 28.3 Å². The Hall–Kier alpha value is 0.190. The third-order valence-corrected chi connectivity index (χ3v) is 6.51. The molecule has 3 unspecified atom stereocenters. The van der Waals surface area contributed by atoms with Gasteiger partial charge in [0.2, 0.25) is 0 Å². The quantitative estimate of drug-likeness (QED) is 0.0979. The maximum absolute atomic E-state index is 10.1. The monoisotopic (exact) mass is 480 g/mol. The molecule has 0 heterocycles. The van der Waals surface area contributed by atoms with Gasteiger partial charge in [-0.15, -0.1) is 0 Å². The molecule has 2 N–H and O–H groups in total. The van der Waals surface area contributed by atoms with E-state index in [9.17, 15) is 10.00 Å². The van der Waals surface area contributed by atoms with Gasteiger partial charge in [0.05, 0.1) is 33.9 Å². The maximum atomic E-state index is 10.1. The van der Waals surface area contributed by atoms with Crippen molar-refractivity contribution in [3.63, 3.8) is 0 Å². The number of hydrogen-bond acceptors (Lipinski definition) is 5. The Labute approximate surface area is 200 Å². The molecule has 6 nitrogen and oxygen atoms in total. The molecule has 194 valence electrons. The molecule has 0 aromatic carbocycles. The lowest BCUT2D eigenvalue weighted by Gasteiger charge is -2.24. The molecule has 0 aromatic heterocycles. The fourth-order valence-corrected chi connectivity index (χ4v) is 3.98. The Bertz CT molecular complexity index is 395. The van der Waals surface area contributed by atoms with Crippen molar-refractivity contribution >= 4 is 8.60 Å². The van der Waals surface area contributed by atoms with Crippen LogP contribution in [0.4, 0.5) is 0 Å². The van der Waals surface area contributed by atoms with Gasteiger partial charge in [0.15, 0.2) is 0 Å². The van der Waals surface area contributed by atoms with Gasteiger partial charge in [-0.25, -0.2) is 0 Å². The van der Waals surface area contributed by atoms with Gasteiger partial charge in [-0.2, -0.15) is 0 Å². The second-order valence-electron chi connectivity index (χ2n) is 10.1. The van der Waals surface area contributed by atoms with Gasteiger partial charge in [-0.05, 0) is 13.3 Å². The lowest BCUT2D eigenvalue weighted by molar-refractivity contribution is -0.870. The number of ether oxygens (including phenoxy) is 1. The summed E-state index contributed by atoms with van der Waals surface area (Å²) in [5, 5.41) is 10.1. The van der Waals surface area contributed by atoms with Crippen molar-refractivity contribution in [1.29, 1.82) is 0 Å². The molecule has 0 saturated carbocycles. The van der Waals surface area contributed by atoms with Gasteiger partial charge in [0, 0.05) is 6.61 Å². The second kappa shape index (κ2) is 21.7. The summed E-state index contributed by atoms with van der Waals surface area (Å²) in [4.78, 5) is 9.76. The Morgan fingerprint density at radius 3 is 1.66 bits per heavy atom. The van der Waals surface area contributed by atoms with Gasteiger partial charge >= 0.3 is 8.60 Å². The third kappa shape index (κ3) is 23.4. The van der Waals surface area contributed by atoms with Crippen LogP contribution in [0.5, 0.6) is 0 Å². The number of nitrogens with zero attached hydrogens (tertiary/aromatic N) is 1. The molecule has 0 amide bonds. The summed E-state index contributed by atoms with van der Waals surface area (Å²) in [6, 6.07) is 0. The van der Waals surface area contributed by atoms with Crippen LogP contribution in [-0.2, 0) is 13.8 Å². The highest BCUT2D eigenvalue weighted by atomic mass is 31.2. The van der Waals surface area contributed by atoms with Gasteiger partial charge in [-0.3, -0.25) is 0 Å². The summed E-state index contributed by atoms with van der Waals surface area (Å²) in [5.74, 6) is 0. The first-order chi connectivity index (χ1) is 15.3. The largest absolute Gasteiger partial charge is 0.388 e. The Morgan fingerprint density at radius 2 is 1.19 bits per heavy atom. The van der Waals surface area contributed by atoms with Crippen LogP contribution in [0.2, 0.25) is 0 Å². The van der Waals surface area contributed by atoms with E-state index in [0.717, 1.165) is 17.4 Å². The van der Waals surface area contributed by atoms with Gasteiger partial charge in [-0.1, -0.05) is 90.4 Å². The van der Waals surface area contributed by atoms with Crippen LogP contribution < -0.4 is 0 Å². The number of quaternary nitrogens is 1. The van der Waals surface area contributed by atoms with Crippen LogP contribution in [0, 0.1) is 0 Å². The minimum atomic E-state index is -1.95. The Morgan fingerprint density at radius 1 is 0.719 bits per heavy atom. The SMILES string of the molecule is CCCCCCCCCCCCCCCCOC(C)C(O)COP(O)OCC[N+](C)(C)C. The summed E-state index contributed by atoms with van der Waals surface area (Å²) >= 11 is 0. The molecule has 0 radical (unpaired) electrons. The van der Waals surface area contributed by atoms with Gasteiger partial charge in [0.1, 0.15) is 19.3 Å². The second-order valence-corrected chi connectivity index (χ2v) is 11.1. The topological polar surface area (TPSA) is 68.2 Å². The van der Waals surface area contributed by atoms with E-state index in [4.69, 9.17) is 13.8 Å². The van der Waals surface area contributed by atoms with Crippen LogP contribution >= 0.6 is 8.60 Å². The van der Waals surface area contributed by atoms with Crippen molar-refractivity contribution in [2.45, 2.75) is 116 Å². The highest BCUT2D eigenvalue weighted by Gasteiger charge is 2.18. The summed E-state index contributed by atoms with van der Waals surface area (Å²) in [7, 11) is 4.23. The fraction of sp³-hybridized carbons (Fsp3) is 1.00. The molecule has 0 aliphatic heterocycles. The van der Waals surface area contributed by atoms with Crippen molar-refractivity contribution in [2.75, 3.05) is 47.5 Å². The summed E-state index contributed by atoms with van der Waals surface area (Å²) < 4.78 is 17.0. The molecule has 3 atom stereocenters.